The first-order chi connectivity index (χ1) is 10.1. The van der Waals surface area contributed by atoms with Crippen molar-refractivity contribution in [3.8, 4) is 24.7 Å². The van der Waals surface area contributed by atoms with Gasteiger partial charge in [0, 0.05) is 6.54 Å². The number of carbonyl (C=O) groups is 1. The highest BCUT2D eigenvalue weighted by molar-refractivity contribution is 6.53. The summed E-state index contributed by atoms with van der Waals surface area (Å²) in [5.41, 5.74) is 0. The second kappa shape index (κ2) is 14.0. The molecule has 0 aliphatic heterocycles. The Hall–Kier alpha value is -0.950. The third-order valence-electron chi connectivity index (χ3n) is 2.22. The number of hydrogen-bond donors (Lipinski definition) is 0. The minimum absolute atomic E-state index is 0.140. The van der Waals surface area contributed by atoms with Crippen LogP contribution < -0.4 is 0 Å². The van der Waals surface area contributed by atoms with Gasteiger partial charge in [-0.05, 0) is 0 Å². The van der Waals surface area contributed by atoms with Crippen molar-refractivity contribution in [3.05, 3.63) is 0 Å². The predicted octanol–water partition coefficient (Wildman–Crippen LogP) is 0.935. The number of halogens is 2. The summed E-state index contributed by atoms with van der Waals surface area (Å²) in [4.78, 5) is 11.8. The molecular formula is C14H19Cl2NO4. The second-order valence-electron chi connectivity index (χ2n) is 3.75. The largest absolute Gasteiger partial charge is 0.377 e. The Morgan fingerprint density at radius 3 is 2.10 bits per heavy atom. The molecule has 0 aliphatic rings. The molecule has 0 saturated carbocycles. The zero-order valence-corrected chi connectivity index (χ0v) is 13.2. The quantitative estimate of drug-likeness (QED) is 0.302. The monoisotopic (exact) mass is 335 g/mol. The molecule has 0 aromatic heterocycles. The van der Waals surface area contributed by atoms with Gasteiger partial charge in [-0.1, -0.05) is 35.0 Å². The van der Waals surface area contributed by atoms with Crippen LogP contribution in [0.2, 0.25) is 0 Å². The smallest absolute Gasteiger partial charge is 0.256 e. The number of ether oxygens (including phenoxy) is 3. The molecule has 21 heavy (non-hydrogen) atoms. The van der Waals surface area contributed by atoms with E-state index in [0.29, 0.717) is 39.6 Å². The first kappa shape index (κ1) is 20.1. The summed E-state index contributed by atoms with van der Waals surface area (Å²) in [5, 5.41) is 0. The molecule has 1 amide bonds. The third-order valence-corrected chi connectivity index (χ3v) is 2.59. The average Bonchev–Trinajstić information content (AvgIpc) is 2.47. The van der Waals surface area contributed by atoms with Crippen LogP contribution >= 0.6 is 23.2 Å². The molecule has 0 aromatic rings. The summed E-state index contributed by atoms with van der Waals surface area (Å²) in [6.07, 6.45) is 10.2. The van der Waals surface area contributed by atoms with E-state index in [1.807, 2.05) is 0 Å². The number of alkyl halides is 2. The third kappa shape index (κ3) is 11.4. The first-order valence-corrected chi connectivity index (χ1v) is 7.17. The van der Waals surface area contributed by atoms with Crippen LogP contribution in [0.15, 0.2) is 0 Å². The molecule has 118 valence electrons. The molecule has 0 N–H and O–H groups in total. The molecule has 0 rings (SSSR count). The number of rotatable bonds is 12. The maximum absolute atomic E-state index is 11.6. The van der Waals surface area contributed by atoms with Crippen molar-refractivity contribution in [2.24, 2.45) is 0 Å². The van der Waals surface area contributed by atoms with Crippen molar-refractivity contribution < 1.29 is 19.0 Å². The van der Waals surface area contributed by atoms with Gasteiger partial charge in [0.2, 0.25) is 0 Å². The van der Waals surface area contributed by atoms with Crippen molar-refractivity contribution in [1.82, 2.24) is 4.90 Å². The minimum Gasteiger partial charge on any atom is -0.377 e. The van der Waals surface area contributed by atoms with Crippen LogP contribution in [-0.2, 0) is 19.0 Å². The Labute approximate surface area is 135 Å². The van der Waals surface area contributed by atoms with Crippen molar-refractivity contribution in [1.29, 1.82) is 0 Å². The normalized spacial score (nSPS) is 10.1. The lowest BCUT2D eigenvalue weighted by Crippen LogP contribution is -2.37. The van der Waals surface area contributed by atoms with Crippen LogP contribution in [0, 0.1) is 24.7 Å². The molecule has 0 bridgehead atoms. The highest BCUT2D eigenvalue weighted by Gasteiger charge is 2.18. The second-order valence-corrected chi connectivity index (χ2v) is 4.84. The summed E-state index contributed by atoms with van der Waals surface area (Å²) in [7, 11) is 0. The zero-order valence-electron chi connectivity index (χ0n) is 11.7. The molecule has 0 aliphatic carbocycles. The van der Waals surface area contributed by atoms with E-state index in [-0.39, 0.29) is 13.2 Å². The number of carbonyl (C=O) groups excluding carboxylic acids is 1. The Morgan fingerprint density at radius 1 is 1.00 bits per heavy atom. The van der Waals surface area contributed by atoms with Gasteiger partial charge < -0.3 is 19.1 Å². The molecule has 5 nitrogen and oxygen atoms in total. The van der Waals surface area contributed by atoms with Gasteiger partial charge in [-0.2, -0.15) is 0 Å². The van der Waals surface area contributed by atoms with Gasteiger partial charge in [0.25, 0.3) is 5.91 Å². The highest BCUT2D eigenvalue weighted by atomic mass is 35.5. The van der Waals surface area contributed by atoms with Gasteiger partial charge >= 0.3 is 0 Å². The van der Waals surface area contributed by atoms with Crippen LogP contribution in [0.3, 0.4) is 0 Å². The topological polar surface area (TPSA) is 48.0 Å². The van der Waals surface area contributed by atoms with Crippen molar-refractivity contribution >= 4 is 29.1 Å². The van der Waals surface area contributed by atoms with Crippen molar-refractivity contribution in [3.63, 3.8) is 0 Å². The maximum Gasteiger partial charge on any atom is 0.256 e. The molecule has 7 heteroatoms. The molecule has 0 spiro atoms. The Kier molecular flexibility index (Phi) is 13.4. The Bertz CT molecular complexity index is 363. The van der Waals surface area contributed by atoms with Crippen LogP contribution in [-0.4, -0.2) is 68.4 Å². The summed E-state index contributed by atoms with van der Waals surface area (Å²) in [5.74, 6) is 4.30. The maximum atomic E-state index is 11.6. The Balaban J connectivity index is 3.57. The van der Waals surface area contributed by atoms with Gasteiger partial charge in [0.1, 0.15) is 6.61 Å². The molecule has 0 atom stereocenters. The van der Waals surface area contributed by atoms with E-state index in [9.17, 15) is 4.79 Å². The van der Waals surface area contributed by atoms with Crippen molar-refractivity contribution in [2.45, 2.75) is 4.84 Å². The van der Waals surface area contributed by atoms with Crippen molar-refractivity contribution in [2.75, 3.05) is 52.7 Å². The summed E-state index contributed by atoms with van der Waals surface area (Å²) < 4.78 is 15.6. The highest BCUT2D eigenvalue weighted by Crippen LogP contribution is 2.06. The van der Waals surface area contributed by atoms with Gasteiger partial charge in [-0.15, -0.1) is 12.8 Å². The van der Waals surface area contributed by atoms with Crippen LogP contribution in [0.25, 0.3) is 0 Å². The fourth-order valence-corrected chi connectivity index (χ4v) is 1.54. The van der Waals surface area contributed by atoms with E-state index in [0.717, 1.165) is 0 Å². The molecule has 0 unspecified atom stereocenters. The molecule has 0 aromatic carbocycles. The number of hydrogen-bond acceptors (Lipinski definition) is 4. The fraction of sp³-hybridized carbons (Fsp3) is 0.643. The lowest BCUT2D eigenvalue weighted by atomic mass is 10.4. The fourth-order valence-electron chi connectivity index (χ4n) is 1.26. The van der Waals surface area contributed by atoms with E-state index >= 15 is 0 Å². The summed E-state index contributed by atoms with van der Waals surface area (Å²) in [6, 6.07) is 0. The number of terminal acetylenes is 2. The van der Waals surface area contributed by atoms with Crippen LogP contribution in [0.1, 0.15) is 0 Å². The van der Waals surface area contributed by atoms with Gasteiger partial charge in [0.15, 0.2) is 4.84 Å². The number of nitrogens with zero attached hydrogens (tertiary/aromatic N) is 1. The lowest BCUT2D eigenvalue weighted by molar-refractivity contribution is -0.129. The van der Waals surface area contributed by atoms with Gasteiger partial charge in [-0.25, -0.2) is 0 Å². The van der Waals surface area contributed by atoms with Gasteiger partial charge in [-0.3, -0.25) is 4.79 Å². The number of amides is 1. The van der Waals surface area contributed by atoms with Crippen LogP contribution in [0.5, 0.6) is 0 Å². The van der Waals surface area contributed by atoms with Crippen LogP contribution in [0.4, 0.5) is 0 Å². The molecular weight excluding hydrogens is 317 g/mol. The van der Waals surface area contributed by atoms with E-state index in [2.05, 4.69) is 11.8 Å². The zero-order chi connectivity index (χ0) is 15.9. The van der Waals surface area contributed by atoms with E-state index < -0.39 is 10.7 Å². The summed E-state index contributed by atoms with van der Waals surface area (Å²) >= 11 is 11.0. The SMILES string of the molecule is C#CCOCCOCCOCCN(CC#C)C(=O)C(Cl)Cl. The van der Waals surface area contributed by atoms with E-state index in [4.69, 9.17) is 50.3 Å². The average molecular weight is 336 g/mol. The van der Waals surface area contributed by atoms with Gasteiger partial charge in [0.05, 0.1) is 39.6 Å². The molecule has 0 radical (unpaired) electrons. The molecule has 0 saturated heterocycles. The minimum atomic E-state index is -1.12. The van der Waals surface area contributed by atoms with E-state index in [1.54, 1.807) is 0 Å². The van der Waals surface area contributed by atoms with E-state index in [1.165, 1.54) is 4.90 Å². The Morgan fingerprint density at radius 2 is 1.57 bits per heavy atom. The predicted molar refractivity (Wildman–Crippen MR) is 82.2 cm³/mol. The molecule has 0 fully saturated rings. The standard InChI is InChI=1S/C14H19Cl2NO4/c1-3-5-17(14(18)13(15)16)6-8-20-10-12-21-11-9-19-7-4-2/h1-2,13H,5-12H2. The first-order valence-electron chi connectivity index (χ1n) is 6.30. The molecule has 0 heterocycles. The summed E-state index contributed by atoms with van der Waals surface area (Å²) in [6.45, 7) is 2.79. The lowest BCUT2D eigenvalue weighted by Gasteiger charge is -2.20.